The molecule has 0 radical (unpaired) electrons. The molecule has 1 aliphatic heterocycles. The lowest BCUT2D eigenvalue weighted by atomic mass is 10.0. The molecule has 0 saturated carbocycles. The third-order valence-corrected chi connectivity index (χ3v) is 4.16. The lowest BCUT2D eigenvalue weighted by molar-refractivity contribution is -0.126. The summed E-state index contributed by atoms with van der Waals surface area (Å²) in [5, 5.41) is 5.59. The molecule has 1 saturated heterocycles. The van der Waals surface area contributed by atoms with Crippen LogP contribution in [0.1, 0.15) is 40.0 Å². The maximum absolute atomic E-state index is 12.3. The Hall–Kier alpha value is -2.04. The maximum atomic E-state index is 12.3. The van der Waals surface area contributed by atoms with Gasteiger partial charge in [0.25, 0.3) is 0 Å². The van der Waals surface area contributed by atoms with Gasteiger partial charge in [-0.15, -0.1) is 0 Å². The fourth-order valence-corrected chi connectivity index (χ4v) is 2.88. The van der Waals surface area contributed by atoms with Gasteiger partial charge >= 0.3 is 0 Å². The van der Waals surface area contributed by atoms with Crippen molar-refractivity contribution in [3.05, 3.63) is 24.3 Å². The summed E-state index contributed by atoms with van der Waals surface area (Å²) >= 11 is 0. The van der Waals surface area contributed by atoms with Gasteiger partial charge in [-0.3, -0.25) is 9.59 Å². The molecular formula is C18H27N3O2. The van der Waals surface area contributed by atoms with Crippen molar-refractivity contribution in [3.8, 4) is 0 Å². The number of anilines is 2. The number of carbonyl (C=O) groups excluding carboxylic acids is 2. The van der Waals surface area contributed by atoms with Gasteiger partial charge in [-0.1, -0.05) is 13.8 Å². The fraction of sp³-hybridized carbons (Fsp3) is 0.556. The van der Waals surface area contributed by atoms with Gasteiger partial charge in [0.2, 0.25) is 11.8 Å². The average Bonchev–Trinajstić information content (AvgIpc) is 2.53. The first-order valence-electron chi connectivity index (χ1n) is 8.40. The SMILES string of the molecule is CC(=O)N[C@H](C(=O)Nc1ccc(N2CCCCC2)cc1)C(C)C. The predicted molar refractivity (Wildman–Crippen MR) is 93.6 cm³/mol. The van der Waals surface area contributed by atoms with Crippen molar-refractivity contribution in [1.29, 1.82) is 0 Å². The van der Waals surface area contributed by atoms with Crippen LogP contribution in [0.3, 0.4) is 0 Å². The van der Waals surface area contributed by atoms with Crippen LogP contribution in [0, 0.1) is 5.92 Å². The summed E-state index contributed by atoms with van der Waals surface area (Å²) in [4.78, 5) is 26.0. The van der Waals surface area contributed by atoms with Crippen molar-refractivity contribution >= 4 is 23.2 Å². The van der Waals surface area contributed by atoms with E-state index in [2.05, 4.69) is 15.5 Å². The number of carbonyl (C=O) groups is 2. The highest BCUT2D eigenvalue weighted by Gasteiger charge is 2.23. The van der Waals surface area contributed by atoms with Crippen LogP contribution in [0.15, 0.2) is 24.3 Å². The number of nitrogens with one attached hydrogen (secondary N) is 2. The molecule has 0 aliphatic carbocycles. The molecule has 1 heterocycles. The fourth-order valence-electron chi connectivity index (χ4n) is 2.88. The van der Waals surface area contributed by atoms with Crippen LogP contribution in [0.25, 0.3) is 0 Å². The molecule has 2 N–H and O–H groups in total. The highest BCUT2D eigenvalue weighted by Crippen LogP contribution is 2.22. The van der Waals surface area contributed by atoms with E-state index in [1.54, 1.807) is 0 Å². The molecule has 2 rings (SSSR count). The summed E-state index contributed by atoms with van der Waals surface area (Å²) in [6, 6.07) is 7.42. The van der Waals surface area contributed by atoms with Crippen LogP contribution in [0.2, 0.25) is 0 Å². The Morgan fingerprint density at radius 2 is 1.65 bits per heavy atom. The van der Waals surface area contributed by atoms with Gasteiger partial charge in [0.1, 0.15) is 6.04 Å². The molecule has 1 atom stereocenters. The minimum absolute atomic E-state index is 0.0338. The highest BCUT2D eigenvalue weighted by molar-refractivity contribution is 5.97. The topological polar surface area (TPSA) is 61.4 Å². The molecule has 5 nitrogen and oxygen atoms in total. The van der Waals surface area contributed by atoms with E-state index in [1.807, 2.05) is 38.1 Å². The second-order valence-corrected chi connectivity index (χ2v) is 6.51. The predicted octanol–water partition coefficient (Wildman–Crippen LogP) is 2.78. The van der Waals surface area contributed by atoms with E-state index in [4.69, 9.17) is 0 Å². The van der Waals surface area contributed by atoms with E-state index >= 15 is 0 Å². The molecule has 0 aromatic heterocycles. The molecule has 1 aromatic carbocycles. The molecule has 126 valence electrons. The van der Waals surface area contributed by atoms with Gasteiger partial charge in [0, 0.05) is 31.4 Å². The van der Waals surface area contributed by atoms with Gasteiger partial charge in [0.05, 0.1) is 0 Å². The number of hydrogen-bond acceptors (Lipinski definition) is 3. The van der Waals surface area contributed by atoms with Crippen molar-refractivity contribution in [1.82, 2.24) is 5.32 Å². The van der Waals surface area contributed by atoms with Gasteiger partial charge < -0.3 is 15.5 Å². The zero-order valence-corrected chi connectivity index (χ0v) is 14.3. The number of benzene rings is 1. The Morgan fingerprint density at radius 3 is 2.17 bits per heavy atom. The van der Waals surface area contributed by atoms with Gasteiger partial charge in [-0.05, 0) is 49.4 Å². The Morgan fingerprint density at radius 1 is 1.04 bits per heavy atom. The molecule has 0 bridgehead atoms. The molecule has 5 heteroatoms. The number of nitrogens with zero attached hydrogens (tertiary/aromatic N) is 1. The van der Waals surface area contributed by atoms with Crippen LogP contribution in [0.4, 0.5) is 11.4 Å². The maximum Gasteiger partial charge on any atom is 0.247 e. The van der Waals surface area contributed by atoms with Crippen LogP contribution in [-0.4, -0.2) is 30.9 Å². The van der Waals surface area contributed by atoms with Crippen LogP contribution in [-0.2, 0) is 9.59 Å². The summed E-state index contributed by atoms with van der Waals surface area (Å²) < 4.78 is 0. The molecule has 0 unspecified atom stereocenters. The van der Waals surface area contributed by atoms with Crippen molar-refractivity contribution in [2.45, 2.75) is 46.1 Å². The molecule has 1 aliphatic rings. The molecular weight excluding hydrogens is 290 g/mol. The standard InChI is InChI=1S/C18H27N3O2/c1-13(2)17(19-14(3)22)18(23)20-15-7-9-16(10-8-15)21-11-5-4-6-12-21/h7-10,13,17H,4-6,11-12H2,1-3H3,(H,19,22)(H,20,23)/t17-/m0/s1. The minimum atomic E-state index is -0.519. The normalized spacial score (nSPS) is 16.1. The number of hydrogen-bond donors (Lipinski definition) is 2. The van der Waals surface area contributed by atoms with Crippen LogP contribution >= 0.6 is 0 Å². The van der Waals surface area contributed by atoms with Crippen LogP contribution in [0.5, 0.6) is 0 Å². The van der Waals surface area contributed by atoms with E-state index in [9.17, 15) is 9.59 Å². The van der Waals surface area contributed by atoms with E-state index in [-0.39, 0.29) is 17.7 Å². The third-order valence-electron chi connectivity index (χ3n) is 4.16. The van der Waals surface area contributed by atoms with E-state index in [1.165, 1.54) is 31.9 Å². The van der Waals surface area contributed by atoms with Crippen molar-refractivity contribution in [2.24, 2.45) is 5.92 Å². The first-order valence-corrected chi connectivity index (χ1v) is 8.40. The molecule has 2 amide bonds. The summed E-state index contributed by atoms with van der Waals surface area (Å²) in [6.07, 6.45) is 3.79. The summed E-state index contributed by atoms with van der Waals surface area (Å²) in [5.41, 5.74) is 1.96. The van der Waals surface area contributed by atoms with Crippen LogP contribution < -0.4 is 15.5 Å². The lowest BCUT2D eigenvalue weighted by Gasteiger charge is -2.29. The van der Waals surface area contributed by atoms with Gasteiger partial charge in [0.15, 0.2) is 0 Å². The van der Waals surface area contributed by atoms with E-state index < -0.39 is 6.04 Å². The average molecular weight is 317 g/mol. The lowest BCUT2D eigenvalue weighted by Crippen LogP contribution is -2.46. The van der Waals surface area contributed by atoms with Crippen molar-refractivity contribution < 1.29 is 9.59 Å². The molecule has 0 spiro atoms. The second kappa shape index (κ2) is 7.99. The molecule has 1 aromatic rings. The van der Waals surface area contributed by atoms with Crippen molar-refractivity contribution in [3.63, 3.8) is 0 Å². The number of amides is 2. The Balaban J connectivity index is 1.98. The Labute approximate surface area is 138 Å². The minimum Gasteiger partial charge on any atom is -0.372 e. The monoisotopic (exact) mass is 317 g/mol. The largest absolute Gasteiger partial charge is 0.372 e. The summed E-state index contributed by atoms with van der Waals surface area (Å²) in [7, 11) is 0. The van der Waals surface area contributed by atoms with E-state index in [0.29, 0.717) is 0 Å². The quantitative estimate of drug-likeness (QED) is 0.878. The zero-order valence-electron chi connectivity index (χ0n) is 14.3. The third kappa shape index (κ3) is 4.98. The number of piperidine rings is 1. The Bertz CT molecular complexity index is 534. The first kappa shape index (κ1) is 17.3. The van der Waals surface area contributed by atoms with E-state index in [0.717, 1.165) is 18.8 Å². The first-order chi connectivity index (χ1) is 11.0. The molecule has 1 fully saturated rings. The number of rotatable bonds is 5. The van der Waals surface area contributed by atoms with Crippen molar-refractivity contribution in [2.75, 3.05) is 23.3 Å². The Kier molecular flexibility index (Phi) is 6.02. The second-order valence-electron chi connectivity index (χ2n) is 6.51. The highest BCUT2D eigenvalue weighted by atomic mass is 16.2. The smallest absolute Gasteiger partial charge is 0.247 e. The summed E-state index contributed by atoms with van der Waals surface area (Å²) in [6.45, 7) is 7.46. The van der Waals surface area contributed by atoms with Gasteiger partial charge in [-0.25, -0.2) is 0 Å². The molecule has 23 heavy (non-hydrogen) atoms. The van der Waals surface area contributed by atoms with Gasteiger partial charge in [-0.2, -0.15) is 0 Å². The zero-order chi connectivity index (χ0) is 16.8. The summed E-state index contributed by atoms with van der Waals surface area (Å²) in [5.74, 6) is -0.341.